The molecule has 2 aromatic heterocycles. The Balaban J connectivity index is 1.61. The zero-order valence-electron chi connectivity index (χ0n) is 12.2. The Morgan fingerprint density at radius 1 is 1.21 bits per heavy atom. The van der Waals surface area contributed by atoms with Crippen molar-refractivity contribution in [2.24, 2.45) is 0 Å². The zero-order chi connectivity index (χ0) is 16.5. The molecule has 3 aromatic rings. The van der Waals surface area contributed by atoms with Crippen LogP contribution in [0.2, 0.25) is 0 Å². The molecule has 8 heteroatoms. The SMILES string of the molecule is O=C(Nc1ccc2c(c1)OCO2)c1cc(-c2cccs2)[nH]c(=O)n1. The molecular formula is C16H11N3O4S. The molecule has 1 aliphatic rings. The number of anilines is 1. The molecule has 0 unspecified atom stereocenters. The van der Waals surface area contributed by atoms with Gasteiger partial charge in [-0.1, -0.05) is 6.07 Å². The quantitative estimate of drug-likeness (QED) is 0.763. The standard InChI is InChI=1S/C16H11N3O4S/c20-15(17-9-3-4-12-13(6-9)23-8-22-12)11-7-10(18-16(21)19-11)14-2-1-5-24-14/h1-7H,8H2,(H,17,20)(H,18,19,21). The summed E-state index contributed by atoms with van der Waals surface area (Å²) in [6.45, 7) is 0.159. The summed E-state index contributed by atoms with van der Waals surface area (Å²) < 4.78 is 10.5. The second-order valence-electron chi connectivity index (χ2n) is 4.98. The molecule has 0 radical (unpaired) electrons. The van der Waals surface area contributed by atoms with Gasteiger partial charge in [-0.25, -0.2) is 4.79 Å². The van der Waals surface area contributed by atoms with Crippen molar-refractivity contribution in [3.05, 3.63) is 58.0 Å². The first-order valence-corrected chi connectivity index (χ1v) is 7.93. The van der Waals surface area contributed by atoms with Crippen LogP contribution < -0.4 is 20.5 Å². The van der Waals surface area contributed by atoms with Gasteiger partial charge in [0, 0.05) is 11.8 Å². The van der Waals surface area contributed by atoms with Gasteiger partial charge >= 0.3 is 5.69 Å². The summed E-state index contributed by atoms with van der Waals surface area (Å²) in [6.07, 6.45) is 0. The molecule has 0 saturated heterocycles. The lowest BCUT2D eigenvalue weighted by Crippen LogP contribution is -2.20. The monoisotopic (exact) mass is 341 g/mol. The van der Waals surface area contributed by atoms with Crippen LogP contribution in [-0.4, -0.2) is 22.7 Å². The third-order valence-corrected chi connectivity index (χ3v) is 4.30. The number of aromatic amines is 1. The number of carbonyl (C=O) groups is 1. The molecule has 2 N–H and O–H groups in total. The number of hydrogen-bond acceptors (Lipinski definition) is 6. The van der Waals surface area contributed by atoms with Gasteiger partial charge in [-0.15, -0.1) is 11.3 Å². The van der Waals surface area contributed by atoms with Crippen LogP contribution in [0.1, 0.15) is 10.5 Å². The lowest BCUT2D eigenvalue weighted by Gasteiger charge is -2.06. The molecule has 1 amide bonds. The van der Waals surface area contributed by atoms with Crippen LogP contribution >= 0.6 is 11.3 Å². The van der Waals surface area contributed by atoms with Gasteiger partial charge in [-0.3, -0.25) is 4.79 Å². The van der Waals surface area contributed by atoms with Crippen LogP contribution in [0.25, 0.3) is 10.6 Å². The minimum absolute atomic E-state index is 0.0415. The van der Waals surface area contributed by atoms with E-state index in [1.807, 2.05) is 17.5 Å². The lowest BCUT2D eigenvalue weighted by molar-refractivity contribution is 0.102. The number of rotatable bonds is 3. The Labute approximate surface area is 139 Å². The van der Waals surface area contributed by atoms with Crippen LogP contribution in [-0.2, 0) is 0 Å². The van der Waals surface area contributed by atoms with E-state index in [9.17, 15) is 9.59 Å². The second-order valence-corrected chi connectivity index (χ2v) is 5.93. The van der Waals surface area contributed by atoms with Crippen molar-refractivity contribution in [3.8, 4) is 22.1 Å². The maximum Gasteiger partial charge on any atom is 0.346 e. The number of aromatic nitrogens is 2. The van der Waals surface area contributed by atoms with Gasteiger partial charge < -0.3 is 19.8 Å². The first-order chi connectivity index (χ1) is 11.7. The molecule has 4 rings (SSSR count). The summed E-state index contributed by atoms with van der Waals surface area (Å²) in [4.78, 5) is 31.4. The highest BCUT2D eigenvalue weighted by atomic mass is 32.1. The largest absolute Gasteiger partial charge is 0.454 e. The van der Waals surface area contributed by atoms with Gasteiger partial charge in [0.15, 0.2) is 11.5 Å². The molecule has 0 aliphatic carbocycles. The van der Waals surface area contributed by atoms with Crippen molar-refractivity contribution >= 4 is 22.9 Å². The molecule has 0 saturated carbocycles. The van der Waals surface area contributed by atoms with E-state index >= 15 is 0 Å². The fourth-order valence-electron chi connectivity index (χ4n) is 2.31. The zero-order valence-corrected chi connectivity index (χ0v) is 13.1. The Morgan fingerprint density at radius 2 is 2.08 bits per heavy atom. The van der Waals surface area contributed by atoms with Crippen LogP contribution in [0.3, 0.4) is 0 Å². The second kappa shape index (κ2) is 5.82. The van der Waals surface area contributed by atoms with Crippen LogP contribution in [0.5, 0.6) is 11.5 Å². The lowest BCUT2D eigenvalue weighted by atomic mass is 10.2. The highest BCUT2D eigenvalue weighted by Crippen LogP contribution is 2.34. The van der Waals surface area contributed by atoms with Crippen molar-refractivity contribution < 1.29 is 14.3 Å². The van der Waals surface area contributed by atoms with Gasteiger partial charge in [0.2, 0.25) is 6.79 Å². The molecule has 1 aliphatic heterocycles. The van der Waals surface area contributed by atoms with E-state index in [0.29, 0.717) is 22.9 Å². The summed E-state index contributed by atoms with van der Waals surface area (Å²) in [5, 5.41) is 4.59. The minimum Gasteiger partial charge on any atom is -0.454 e. The molecule has 120 valence electrons. The maximum absolute atomic E-state index is 12.4. The summed E-state index contributed by atoms with van der Waals surface area (Å²) in [5.41, 5.74) is 0.557. The fraction of sp³-hybridized carbons (Fsp3) is 0.0625. The van der Waals surface area contributed by atoms with Crippen molar-refractivity contribution in [1.82, 2.24) is 9.97 Å². The Hall–Kier alpha value is -3.13. The molecule has 3 heterocycles. The van der Waals surface area contributed by atoms with E-state index in [0.717, 1.165) is 4.88 Å². The first kappa shape index (κ1) is 14.5. The maximum atomic E-state index is 12.4. The summed E-state index contributed by atoms with van der Waals surface area (Å²) in [5.74, 6) is 0.714. The molecule has 7 nitrogen and oxygen atoms in total. The summed E-state index contributed by atoms with van der Waals surface area (Å²) >= 11 is 1.46. The third kappa shape index (κ3) is 2.74. The van der Waals surface area contributed by atoms with Crippen molar-refractivity contribution in [3.63, 3.8) is 0 Å². The number of benzene rings is 1. The number of nitrogens with one attached hydrogen (secondary N) is 2. The van der Waals surface area contributed by atoms with Gasteiger partial charge in [0.1, 0.15) is 5.69 Å². The molecular weight excluding hydrogens is 330 g/mol. The highest BCUT2D eigenvalue weighted by Gasteiger charge is 2.16. The van der Waals surface area contributed by atoms with Crippen molar-refractivity contribution in [1.29, 1.82) is 0 Å². The highest BCUT2D eigenvalue weighted by molar-refractivity contribution is 7.13. The Bertz CT molecular complexity index is 966. The van der Waals surface area contributed by atoms with Crippen LogP contribution in [0.4, 0.5) is 5.69 Å². The fourth-order valence-corrected chi connectivity index (χ4v) is 3.01. The van der Waals surface area contributed by atoms with Gasteiger partial charge in [-0.05, 0) is 29.6 Å². The summed E-state index contributed by atoms with van der Waals surface area (Å²) in [7, 11) is 0. The molecule has 0 spiro atoms. The number of ether oxygens (including phenoxy) is 2. The van der Waals surface area contributed by atoms with Crippen molar-refractivity contribution in [2.75, 3.05) is 12.1 Å². The number of carbonyl (C=O) groups excluding carboxylic acids is 1. The number of H-pyrrole nitrogens is 1. The molecule has 1 aromatic carbocycles. The Kier molecular flexibility index (Phi) is 3.51. The van der Waals surface area contributed by atoms with Gasteiger partial charge in [0.25, 0.3) is 5.91 Å². The normalized spacial score (nSPS) is 12.2. The minimum atomic E-state index is -0.572. The smallest absolute Gasteiger partial charge is 0.346 e. The first-order valence-electron chi connectivity index (χ1n) is 7.05. The topological polar surface area (TPSA) is 93.3 Å². The molecule has 0 bridgehead atoms. The van der Waals surface area contributed by atoms with E-state index in [4.69, 9.17) is 9.47 Å². The summed E-state index contributed by atoms with van der Waals surface area (Å²) in [6, 6.07) is 10.3. The number of thiophene rings is 1. The predicted octanol–water partition coefficient (Wildman–Crippen LogP) is 2.48. The molecule has 0 fully saturated rings. The van der Waals surface area contributed by atoms with E-state index in [1.165, 1.54) is 11.3 Å². The number of fused-ring (bicyclic) bond motifs is 1. The van der Waals surface area contributed by atoms with Gasteiger partial charge in [-0.2, -0.15) is 4.98 Å². The number of nitrogens with zero attached hydrogens (tertiary/aromatic N) is 1. The number of hydrogen-bond donors (Lipinski definition) is 2. The van der Waals surface area contributed by atoms with Crippen LogP contribution in [0.15, 0.2) is 46.6 Å². The van der Waals surface area contributed by atoms with E-state index in [1.54, 1.807) is 24.3 Å². The molecule has 0 atom stereocenters. The Morgan fingerprint density at radius 3 is 2.92 bits per heavy atom. The van der Waals surface area contributed by atoms with E-state index in [-0.39, 0.29) is 12.5 Å². The average Bonchev–Trinajstić information content (AvgIpc) is 3.25. The van der Waals surface area contributed by atoms with Crippen LogP contribution in [0, 0.1) is 0 Å². The predicted molar refractivity (Wildman–Crippen MR) is 88.7 cm³/mol. The van der Waals surface area contributed by atoms with Crippen molar-refractivity contribution in [2.45, 2.75) is 0 Å². The average molecular weight is 341 g/mol. The van der Waals surface area contributed by atoms with E-state index < -0.39 is 11.6 Å². The molecule has 24 heavy (non-hydrogen) atoms. The number of amides is 1. The third-order valence-electron chi connectivity index (χ3n) is 3.39. The van der Waals surface area contributed by atoms with Gasteiger partial charge in [0.05, 0.1) is 10.6 Å². The van der Waals surface area contributed by atoms with E-state index in [2.05, 4.69) is 15.3 Å².